The Kier molecular flexibility index (Phi) is 6.51. The van der Waals surface area contributed by atoms with E-state index in [0.29, 0.717) is 49.0 Å². The molecule has 6 nitrogen and oxygen atoms in total. The van der Waals surface area contributed by atoms with Gasteiger partial charge in [0.2, 0.25) is 0 Å². The van der Waals surface area contributed by atoms with E-state index in [-0.39, 0.29) is 11.5 Å². The summed E-state index contributed by atoms with van der Waals surface area (Å²) < 4.78 is 1.45. The fourth-order valence-corrected chi connectivity index (χ4v) is 5.16. The number of hydrazone groups is 1. The number of aromatic amines is 1. The number of anilines is 1. The molecular weight excluding hydrogens is 519 g/mol. The first-order chi connectivity index (χ1) is 17.3. The molecule has 1 aromatic heterocycles. The van der Waals surface area contributed by atoms with Crippen molar-refractivity contribution in [1.29, 1.82) is 0 Å². The summed E-state index contributed by atoms with van der Waals surface area (Å²) in [6, 6.07) is 21.1. The zero-order chi connectivity index (χ0) is 25.6. The Morgan fingerprint density at radius 2 is 1.42 bits per heavy atom. The minimum absolute atomic E-state index is 0.252. The molecule has 2 heterocycles. The van der Waals surface area contributed by atoms with Crippen LogP contribution in [0.25, 0.3) is 5.69 Å². The molecule has 4 aromatic rings. The lowest BCUT2D eigenvalue weighted by atomic mass is 9.78. The average molecular weight is 540 g/mol. The first-order valence-corrected chi connectivity index (χ1v) is 12.4. The number of nitrogens with one attached hydrogen (secondary N) is 1. The van der Waals surface area contributed by atoms with Gasteiger partial charge in [-0.15, -0.1) is 0 Å². The van der Waals surface area contributed by atoms with Crippen molar-refractivity contribution in [1.82, 2.24) is 9.78 Å². The summed E-state index contributed by atoms with van der Waals surface area (Å²) in [6.07, 6.45) is 0. The molecule has 0 bridgehead atoms. The summed E-state index contributed by atoms with van der Waals surface area (Å²) >= 11 is 18.7. The highest BCUT2D eigenvalue weighted by atomic mass is 35.5. The van der Waals surface area contributed by atoms with Gasteiger partial charge in [0.1, 0.15) is 0 Å². The van der Waals surface area contributed by atoms with E-state index in [9.17, 15) is 9.59 Å². The second-order valence-corrected chi connectivity index (χ2v) is 9.89. The predicted molar refractivity (Wildman–Crippen MR) is 145 cm³/mol. The lowest BCUT2D eigenvalue weighted by molar-refractivity contribution is -0.120. The van der Waals surface area contributed by atoms with Gasteiger partial charge in [0, 0.05) is 38.0 Å². The summed E-state index contributed by atoms with van der Waals surface area (Å²) in [4.78, 5) is 27.7. The maximum absolute atomic E-state index is 13.8. The molecule has 2 unspecified atom stereocenters. The molecule has 1 aliphatic rings. The van der Waals surface area contributed by atoms with Crippen LogP contribution in [-0.2, 0) is 4.79 Å². The molecule has 0 radical (unpaired) electrons. The highest BCUT2D eigenvalue weighted by Crippen LogP contribution is 2.41. The normalized spacial score (nSPS) is 16.4. The van der Waals surface area contributed by atoms with Crippen molar-refractivity contribution in [3.8, 4) is 5.69 Å². The molecule has 0 saturated heterocycles. The monoisotopic (exact) mass is 538 g/mol. The molecule has 36 heavy (non-hydrogen) atoms. The zero-order valence-electron chi connectivity index (χ0n) is 19.4. The summed E-state index contributed by atoms with van der Waals surface area (Å²) in [7, 11) is 0. The van der Waals surface area contributed by atoms with E-state index >= 15 is 0 Å². The Bertz CT molecular complexity index is 1540. The van der Waals surface area contributed by atoms with E-state index in [1.165, 1.54) is 9.69 Å². The molecule has 0 saturated carbocycles. The number of nitrogens with zero attached hydrogens (tertiary/aromatic N) is 3. The smallest absolute Gasteiger partial charge is 0.275 e. The molecule has 2 atom stereocenters. The van der Waals surface area contributed by atoms with Crippen LogP contribution in [-0.4, -0.2) is 21.4 Å². The Hall–Kier alpha value is -3.32. The van der Waals surface area contributed by atoms with Crippen LogP contribution in [0.4, 0.5) is 5.69 Å². The Labute approximate surface area is 222 Å². The third-order valence-corrected chi connectivity index (χ3v) is 7.19. The summed E-state index contributed by atoms with van der Waals surface area (Å²) in [5.41, 5.74) is 3.28. The minimum atomic E-state index is -0.735. The van der Waals surface area contributed by atoms with E-state index in [1.54, 1.807) is 61.5 Å². The second kappa shape index (κ2) is 9.62. The van der Waals surface area contributed by atoms with Crippen LogP contribution in [0, 0.1) is 12.8 Å². The first kappa shape index (κ1) is 24.4. The molecule has 0 fully saturated rings. The summed E-state index contributed by atoms with van der Waals surface area (Å²) in [5, 5.41) is 10.7. The number of benzene rings is 3. The van der Waals surface area contributed by atoms with Gasteiger partial charge < -0.3 is 0 Å². The van der Waals surface area contributed by atoms with Crippen LogP contribution >= 0.6 is 34.8 Å². The van der Waals surface area contributed by atoms with Crippen LogP contribution in [0.5, 0.6) is 0 Å². The number of H-pyrrole nitrogens is 1. The van der Waals surface area contributed by atoms with Gasteiger partial charge in [-0.05, 0) is 74.0 Å². The first-order valence-electron chi connectivity index (χ1n) is 11.2. The number of carbonyl (C=O) groups is 1. The van der Waals surface area contributed by atoms with Gasteiger partial charge in [-0.2, -0.15) is 5.10 Å². The van der Waals surface area contributed by atoms with Gasteiger partial charge in [-0.25, -0.2) is 9.69 Å². The van der Waals surface area contributed by atoms with Gasteiger partial charge in [0.15, 0.2) is 0 Å². The van der Waals surface area contributed by atoms with Crippen LogP contribution in [0.3, 0.4) is 0 Å². The maximum atomic E-state index is 13.8. The number of hydrogen-bond acceptors (Lipinski definition) is 3. The number of amides is 1. The van der Waals surface area contributed by atoms with Gasteiger partial charge in [0.05, 0.1) is 17.3 Å². The highest BCUT2D eigenvalue weighted by Gasteiger charge is 2.44. The molecule has 3 aromatic carbocycles. The van der Waals surface area contributed by atoms with Crippen LogP contribution < -0.4 is 10.6 Å². The lowest BCUT2D eigenvalue weighted by Gasteiger charge is -2.24. The van der Waals surface area contributed by atoms with Crippen LogP contribution in [0.2, 0.25) is 15.1 Å². The van der Waals surface area contributed by atoms with E-state index in [1.807, 2.05) is 25.1 Å². The van der Waals surface area contributed by atoms with Gasteiger partial charge in [-0.1, -0.05) is 53.0 Å². The van der Waals surface area contributed by atoms with Crippen molar-refractivity contribution in [2.45, 2.75) is 19.8 Å². The predicted octanol–water partition coefficient (Wildman–Crippen LogP) is 6.61. The number of halogens is 3. The molecule has 1 aliphatic heterocycles. The minimum Gasteiger partial charge on any atom is -0.295 e. The Morgan fingerprint density at radius 3 is 2.03 bits per heavy atom. The van der Waals surface area contributed by atoms with Crippen molar-refractivity contribution in [3.05, 3.63) is 115 Å². The molecule has 9 heteroatoms. The third kappa shape index (κ3) is 4.26. The fraction of sp³-hybridized carbons (Fsp3) is 0.148. The Morgan fingerprint density at radius 1 is 0.833 bits per heavy atom. The van der Waals surface area contributed by atoms with Crippen molar-refractivity contribution >= 4 is 52.1 Å². The van der Waals surface area contributed by atoms with E-state index < -0.39 is 11.8 Å². The van der Waals surface area contributed by atoms with Crippen LogP contribution in [0.1, 0.15) is 29.7 Å². The lowest BCUT2D eigenvalue weighted by Crippen LogP contribution is -2.34. The quantitative estimate of drug-likeness (QED) is 0.310. The largest absolute Gasteiger partial charge is 0.295 e. The van der Waals surface area contributed by atoms with E-state index in [2.05, 4.69) is 10.2 Å². The topological polar surface area (TPSA) is 70.5 Å². The van der Waals surface area contributed by atoms with Gasteiger partial charge in [-0.3, -0.25) is 14.7 Å². The van der Waals surface area contributed by atoms with Crippen molar-refractivity contribution < 1.29 is 4.79 Å². The second-order valence-electron chi connectivity index (χ2n) is 8.61. The fourth-order valence-electron chi connectivity index (χ4n) is 4.66. The number of rotatable bonds is 5. The average Bonchev–Trinajstić information content (AvgIpc) is 3.32. The molecule has 0 aliphatic carbocycles. The summed E-state index contributed by atoms with van der Waals surface area (Å²) in [5.74, 6) is -1.65. The standard InChI is InChI=1S/C27H21Cl3N4O2/c1-15-23(26(35)33(31-15)19-11-7-17(28)8-12-19)25(21-5-3-4-6-22(21)30)24-16(2)32-34(27(24)36)20-13-9-18(29)10-14-20/h3-14,23,25,32H,1-2H3. The molecule has 182 valence electrons. The molecular formula is C27H21Cl3N4O2. The summed E-state index contributed by atoms with van der Waals surface area (Å²) in [6.45, 7) is 3.61. The Balaban J connectivity index is 1.66. The number of carbonyl (C=O) groups excluding carboxylic acids is 1. The number of aryl methyl sites for hydroxylation is 1. The molecule has 1 N–H and O–H groups in total. The SMILES string of the molecule is CC1=NN(c2ccc(Cl)cc2)C(=O)C1C(c1ccccc1Cl)c1c(C)[nH]n(-c2ccc(Cl)cc2)c1=O. The van der Waals surface area contributed by atoms with Crippen molar-refractivity contribution in [3.63, 3.8) is 0 Å². The van der Waals surface area contributed by atoms with Crippen LogP contribution in [0.15, 0.2) is 82.7 Å². The van der Waals surface area contributed by atoms with Gasteiger partial charge >= 0.3 is 0 Å². The molecule has 0 spiro atoms. The highest BCUT2D eigenvalue weighted by molar-refractivity contribution is 6.32. The molecule has 5 rings (SSSR count). The third-order valence-electron chi connectivity index (χ3n) is 6.34. The van der Waals surface area contributed by atoms with Gasteiger partial charge in [0.25, 0.3) is 11.5 Å². The van der Waals surface area contributed by atoms with E-state index in [4.69, 9.17) is 34.8 Å². The maximum Gasteiger partial charge on any atom is 0.275 e. The zero-order valence-corrected chi connectivity index (χ0v) is 21.6. The van der Waals surface area contributed by atoms with Crippen molar-refractivity contribution in [2.75, 3.05) is 5.01 Å². The molecule has 1 amide bonds. The number of hydrogen-bond donors (Lipinski definition) is 1. The van der Waals surface area contributed by atoms with Crippen molar-refractivity contribution in [2.24, 2.45) is 11.0 Å². The van der Waals surface area contributed by atoms with E-state index in [0.717, 1.165) is 0 Å². The number of aromatic nitrogens is 2.